The number of hydrogen-bond acceptors (Lipinski definition) is 5. The maximum atomic E-state index is 14.5. The van der Waals surface area contributed by atoms with E-state index in [0.717, 1.165) is 32.1 Å². The molecule has 3 fully saturated rings. The van der Waals surface area contributed by atoms with Crippen molar-refractivity contribution in [2.75, 3.05) is 26.2 Å². The van der Waals surface area contributed by atoms with Gasteiger partial charge in [0, 0.05) is 30.9 Å². The van der Waals surface area contributed by atoms with Gasteiger partial charge in [0.15, 0.2) is 0 Å². The predicted octanol–water partition coefficient (Wildman–Crippen LogP) is 3.72. The van der Waals surface area contributed by atoms with Gasteiger partial charge in [0.1, 0.15) is 6.04 Å². The van der Waals surface area contributed by atoms with E-state index in [1.165, 1.54) is 0 Å². The summed E-state index contributed by atoms with van der Waals surface area (Å²) in [6.45, 7) is 19.1. The molecule has 8 heteroatoms. The first kappa shape index (κ1) is 29.8. The maximum Gasteiger partial charge on any atom is 0.247 e. The molecule has 1 spiro atoms. The van der Waals surface area contributed by atoms with Crippen LogP contribution in [0.3, 0.4) is 0 Å². The molecule has 37 heavy (non-hydrogen) atoms. The molecular formula is C29H47N3O4S. The highest BCUT2D eigenvalue weighted by Gasteiger charge is 2.74. The number of hydrogen-bond donors (Lipinski definition) is 1. The normalized spacial score (nSPS) is 29.8. The Morgan fingerprint density at radius 2 is 1.84 bits per heavy atom. The average molecular weight is 534 g/mol. The molecule has 208 valence electrons. The number of nitrogens with zero attached hydrogens (tertiary/aromatic N) is 3. The van der Waals surface area contributed by atoms with E-state index in [0.29, 0.717) is 19.6 Å². The fourth-order valence-corrected chi connectivity index (χ4v) is 9.11. The van der Waals surface area contributed by atoms with Gasteiger partial charge in [0.05, 0.1) is 29.2 Å². The number of aliphatic hydroxyl groups excluding tert-OH is 1. The van der Waals surface area contributed by atoms with Gasteiger partial charge in [0.2, 0.25) is 17.7 Å². The van der Waals surface area contributed by atoms with Crippen molar-refractivity contribution in [3.05, 3.63) is 25.3 Å². The Bertz CT molecular complexity index is 879. The Balaban J connectivity index is 2.11. The van der Waals surface area contributed by atoms with Crippen molar-refractivity contribution in [1.82, 2.24) is 14.7 Å². The number of likely N-dealkylation sites (tertiary alicyclic amines) is 1. The third-order valence-corrected chi connectivity index (χ3v) is 10.5. The first-order valence-corrected chi connectivity index (χ1v) is 14.9. The number of aliphatic hydroxyl groups is 1. The van der Waals surface area contributed by atoms with Gasteiger partial charge in [-0.1, -0.05) is 46.3 Å². The smallest absolute Gasteiger partial charge is 0.247 e. The molecule has 1 N–H and O–H groups in total. The maximum absolute atomic E-state index is 14.5. The Hall–Kier alpha value is -1.80. The molecule has 3 amide bonds. The van der Waals surface area contributed by atoms with E-state index < -0.39 is 28.7 Å². The van der Waals surface area contributed by atoms with Crippen LogP contribution in [0.25, 0.3) is 0 Å². The quantitative estimate of drug-likeness (QED) is 0.344. The number of carbonyl (C=O) groups excluding carboxylic acids is 3. The van der Waals surface area contributed by atoms with Crippen molar-refractivity contribution < 1.29 is 19.5 Å². The van der Waals surface area contributed by atoms with Crippen LogP contribution < -0.4 is 0 Å². The number of thioether (sulfide) groups is 1. The number of carbonyl (C=O) groups is 3. The summed E-state index contributed by atoms with van der Waals surface area (Å²) in [4.78, 5) is 48.1. The molecule has 0 aliphatic carbocycles. The van der Waals surface area contributed by atoms with Gasteiger partial charge in [-0.15, -0.1) is 24.9 Å². The zero-order valence-electron chi connectivity index (χ0n) is 23.4. The van der Waals surface area contributed by atoms with Crippen LogP contribution in [-0.2, 0) is 14.4 Å². The lowest BCUT2D eigenvalue weighted by Crippen LogP contribution is -2.59. The van der Waals surface area contributed by atoms with E-state index >= 15 is 0 Å². The van der Waals surface area contributed by atoms with E-state index in [4.69, 9.17) is 0 Å². The van der Waals surface area contributed by atoms with Gasteiger partial charge in [-0.05, 0) is 38.5 Å². The molecule has 0 aromatic carbocycles. The number of fused-ring (bicyclic) bond motifs is 1. The van der Waals surface area contributed by atoms with Crippen molar-refractivity contribution in [3.63, 3.8) is 0 Å². The molecule has 2 bridgehead atoms. The molecule has 0 aromatic heterocycles. The molecule has 7 atom stereocenters. The average Bonchev–Trinajstić information content (AvgIpc) is 3.50. The number of rotatable bonds is 14. The molecule has 3 rings (SSSR count). The Kier molecular flexibility index (Phi) is 9.95. The highest BCUT2D eigenvalue weighted by atomic mass is 32.2. The summed E-state index contributed by atoms with van der Waals surface area (Å²) in [5.41, 5.74) is 0. The molecule has 3 aliphatic rings. The van der Waals surface area contributed by atoms with E-state index in [9.17, 15) is 19.5 Å². The SMILES string of the molecule is C=CCN(CCC)C(=O)[C@@H]1[C@H]2C(=O)N([C@@H](CO)C(C)C)C(C(=O)N(CC=C)C(C)CCC)C23CC[C@H]1S3. The summed E-state index contributed by atoms with van der Waals surface area (Å²) >= 11 is 1.69. The second-order valence-corrected chi connectivity index (χ2v) is 12.9. The summed E-state index contributed by atoms with van der Waals surface area (Å²) in [5.74, 6) is -1.26. The second-order valence-electron chi connectivity index (χ2n) is 11.3. The topological polar surface area (TPSA) is 81.2 Å². The van der Waals surface area contributed by atoms with Crippen molar-refractivity contribution in [3.8, 4) is 0 Å². The molecule has 0 aromatic rings. The van der Waals surface area contributed by atoms with Crippen LogP contribution >= 0.6 is 11.8 Å². The fraction of sp³-hybridized carbons (Fsp3) is 0.759. The zero-order valence-corrected chi connectivity index (χ0v) is 24.2. The third kappa shape index (κ3) is 5.12. The van der Waals surface area contributed by atoms with Crippen LogP contribution in [-0.4, -0.2) is 91.9 Å². The van der Waals surface area contributed by atoms with E-state index in [-0.39, 0.29) is 41.5 Å². The molecule has 0 radical (unpaired) electrons. The van der Waals surface area contributed by atoms with Crippen molar-refractivity contribution >= 4 is 29.5 Å². The lowest BCUT2D eigenvalue weighted by molar-refractivity contribution is -0.148. The highest BCUT2D eigenvalue weighted by Crippen LogP contribution is 2.67. The first-order chi connectivity index (χ1) is 17.6. The molecular weight excluding hydrogens is 486 g/mol. The molecule has 7 nitrogen and oxygen atoms in total. The monoisotopic (exact) mass is 533 g/mol. The molecule has 3 aliphatic heterocycles. The minimum Gasteiger partial charge on any atom is -0.394 e. The van der Waals surface area contributed by atoms with Gasteiger partial charge in [-0.25, -0.2) is 0 Å². The van der Waals surface area contributed by atoms with Crippen LogP contribution in [0.1, 0.15) is 66.7 Å². The van der Waals surface area contributed by atoms with E-state index in [1.54, 1.807) is 28.8 Å². The van der Waals surface area contributed by atoms with Crippen LogP contribution in [0.5, 0.6) is 0 Å². The van der Waals surface area contributed by atoms with Gasteiger partial charge >= 0.3 is 0 Å². The van der Waals surface area contributed by atoms with E-state index in [1.807, 2.05) is 30.6 Å². The van der Waals surface area contributed by atoms with Gasteiger partial charge in [-0.3, -0.25) is 14.4 Å². The summed E-state index contributed by atoms with van der Waals surface area (Å²) in [6, 6.07) is -1.18. The van der Waals surface area contributed by atoms with Crippen LogP contribution in [0, 0.1) is 17.8 Å². The van der Waals surface area contributed by atoms with Crippen LogP contribution in [0.2, 0.25) is 0 Å². The fourth-order valence-electron chi connectivity index (χ4n) is 6.91. The zero-order chi connectivity index (χ0) is 27.5. The lowest BCUT2D eigenvalue weighted by Gasteiger charge is -2.42. The van der Waals surface area contributed by atoms with Gasteiger partial charge < -0.3 is 19.8 Å². The predicted molar refractivity (Wildman–Crippen MR) is 150 cm³/mol. The number of amides is 3. The third-order valence-electron chi connectivity index (χ3n) is 8.57. The van der Waals surface area contributed by atoms with Crippen LogP contribution in [0.15, 0.2) is 25.3 Å². The molecule has 0 saturated carbocycles. The minimum absolute atomic E-state index is 0.000354. The summed E-state index contributed by atoms with van der Waals surface area (Å²) in [7, 11) is 0. The standard InChI is InChI=1S/C29H47N3O4S/c1-8-12-20(7)31(17-11-4)28(36)25-29-14-13-22(37-29)23(26(34)30(15-9-2)16-10-3)24(29)27(35)32(25)21(18-33)19(5)6/h9,11,19-25,33H,2,4,8,10,12-18H2,1,3,5-7H3/t20?,21-,22+,23-,24-,25?,29?/m0/s1. The first-order valence-electron chi connectivity index (χ1n) is 14.1. The van der Waals surface area contributed by atoms with Gasteiger partial charge in [0.25, 0.3) is 0 Å². The van der Waals surface area contributed by atoms with Gasteiger partial charge in [-0.2, -0.15) is 0 Å². The van der Waals surface area contributed by atoms with Crippen molar-refractivity contribution in [1.29, 1.82) is 0 Å². The molecule has 3 unspecified atom stereocenters. The van der Waals surface area contributed by atoms with Crippen molar-refractivity contribution in [2.24, 2.45) is 17.8 Å². The van der Waals surface area contributed by atoms with Crippen LogP contribution in [0.4, 0.5) is 0 Å². The Morgan fingerprint density at radius 3 is 2.38 bits per heavy atom. The summed E-state index contributed by atoms with van der Waals surface area (Å²) in [5, 5.41) is 10.4. The largest absolute Gasteiger partial charge is 0.394 e. The minimum atomic E-state index is -0.698. The second kappa shape index (κ2) is 12.4. The Labute approximate surface area is 227 Å². The summed E-state index contributed by atoms with van der Waals surface area (Å²) < 4.78 is -0.654. The van der Waals surface area contributed by atoms with E-state index in [2.05, 4.69) is 27.0 Å². The molecule has 3 saturated heterocycles. The molecule has 3 heterocycles. The lowest BCUT2D eigenvalue weighted by atomic mass is 9.70. The summed E-state index contributed by atoms with van der Waals surface area (Å²) in [6.07, 6.45) is 7.65. The highest BCUT2D eigenvalue weighted by molar-refractivity contribution is 8.02. The Morgan fingerprint density at radius 1 is 1.16 bits per heavy atom. The van der Waals surface area contributed by atoms with Crippen molar-refractivity contribution in [2.45, 2.75) is 94.8 Å².